The van der Waals surface area contributed by atoms with E-state index in [0.717, 1.165) is 31.0 Å². The zero-order valence-corrected chi connectivity index (χ0v) is 12.2. The van der Waals surface area contributed by atoms with Crippen LogP contribution in [0.5, 0.6) is 0 Å². The number of aromatic nitrogens is 1. The molecule has 0 radical (unpaired) electrons. The summed E-state index contributed by atoms with van der Waals surface area (Å²) in [5, 5.41) is 0.942. The van der Waals surface area contributed by atoms with E-state index in [0.29, 0.717) is 16.0 Å². The van der Waals surface area contributed by atoms with Crippen molar-refractivity contribution in [1.29, 1.82) is 0 Å². The van der Waals surface area contributed by atoms with Crippen LogP contribution in [0.15, 0.2) is 12.1 Å². The normalized spacial score (nSPS) is 19.9. The molecule has 2 rings (SSSR count). The summed E-state index contributed by atoms with van der Waals surface area (Å²) in [4.78, 5) is 18.4. The molecule has 1 aromatic rings. The van der Waals surface area contributed by atoms with Crippen LogP contribution in [0.4, 0.5) is 0 Å². The predicted molar refractivity (Wildman–Crippen MR) is 76.4 cm³/mol. The van der Waals surface area contributed by atoms with Gasteiger partial charge in [-0.3, -0.25) is 4.79 Å². The van der Waals surface area contributed by atoms with Crippen LogP contribution in [-0.2, 0) is 0 Å². The van der Waals surface area contributed by atoms with Crippen LogP contribution in [0.1, 0.15) is 29.4 Å². The fourth-order valence-corrected chi connectivity index (χ4v) is 3.52. The third kappa shape index (κ3) is 3.18. The summed E-state index contributed by atoms with van der Waals surface area (Å²) >= 11 is 7.86. The number of thioether (sulfide) groups is 1. The first kappa shape index (κ1) is 13.7. The van der Waals surface area contributed by atoms with Gasteiger partial charge in [0.05, 0.1) is 0 Å². The summed E-state index contributed by atoms with van der Waals surface area (Å²) in [5.74, 6) is 1.09. The Hall–Kier alpha value is -0.740. The summed E-state index contributed by atoms with van der Waals surface area (Å²) in [6, 6.07) is 3.45. The lowest BCUT2D eigenvalue weighted by atomic mass is 10.2. The lowest BCUT2D eigenvalue weighted by Crippen LogP contribution is -2.41. The molecule has 1 fully saturated rings. The maximum Gasteiger partial charge on any atom is 0.254 e. The van der Waals surface area contributed by atoms with Gasteiger partial charge in [0.2, 0.25) is 0 Å². The highest BCUT2D eigenvalue weighted by Crippen LogP contribution is 2.23. The van der Waals surface area contributed by atoms with Crippen molar-refractivity contribution in [2.45, 2.75) is 25.5 Å². The van der Waals surface area contributed by atoms with Crippen LogP contribution >= 0.6 is 23.4 Å². The van der Waals surface area contributed by atoms with E-state index in [4.69, 9.17) is 11.6 Å². The zero-order valence-electron chi connectivity index (χ0n) is 10.6. The molecule has 5 heteroatoms. The number of hydrogen-bond donors (Lipinski definition) is 0. The molecule has 1 atom stereocenters. The SMILES string of the molecule is CCC1CN(C(=O)c2cc(C)nc(Cl)c2)CCS1. The average Bonchev–Trinajstić information content (AvgIpc) is 2.37. The molecule has 0 aromatic carbocycles. The van der Waals surface area contributed by atoms with Crippen molar-refractivity contribution < 1.29 is 4.79 Å². The molecule has 0 N–H and O–H groups in total. The monoisotopic (exact) mass is 284 g/mol. The maximum atomic E-state index is 12.4. The molecular weight excluding hydrogens is 268 g/mol. The van der Waals surface area contributed by atoms with Crippen molar-refractivity contribution >= 4 is 29.3 Å². The number of amides is 1. The Morgan fingerprint density at radius 1 is 1.61 bits per heavy atom. The third-order valence-electron chi connectivity index (χ3n) is 3.05. The first-order valence-electron chi connectivity index (χ1n) is 6.15. The van der Waals surface area contributed by atoms with Crippen LogP contribution in [0.2, 0.25) is 5.15 Å². The van der Waals surface area contributed by atoms with E-state index in [1.807, 2.05) is 23.6 Å². The summed E-state index contributed by atoms with van der Waals surface area (Å²) in [6.45, 7) is 5.67. The van der Waals surface area contributed by atoms with Gasteiger partial charge in [-0.2, -0.15) is 11.8 Å². The number of carbonyl (C=O) groups excluding carboxylic acids is 1. The van der Waals surface area contributed by atoms with E-state index in [-0.39, 0.29) is 5.91 Å². The van der Waals surface area contributed by atoms with Crippen molar-refractivity contribution in [1.82, 2.24) is 9.88 Å². The van der Waals surface area contributed by atoms with Crippen molar-refractivity contribution in [2.24, 2.45) is 0 Å². The second kappa shape index (κ2) is 5.93. The van der Waals surface area contributed by atoms with Gasteiger partial charge in [0.1, 0.15) is 5.15 Å². The van der Waals surface area contributed by atoms with E-state index in [9.17, 15) is 4.79 Å². The quantitative estimate of drug-likeness (QED) is 0.783. The Balaban J connectivity index is 2.15. The van der Waals surface area contributed by atoms with Crippen molar-refractivity contribution in [2.75, 3.05) is 18.8 Å². The third-order valence-corrected chi connectivity index (χ3v) is 4.62. The van der Waals surface area contributed by atoms with Gasteiger partial charge in [-0.1, -0.05) is 18.5 Å². The van der Waals surface area contributed by atoms with E-state index in [2.05, 4.69) is 11.9 Å². The number of rotatable bonds is 2. The molecule has 1 unspecified atom stereocenters. The number of carbonyl (C=O) groups is 1. The second-order valence-electron chi connectivity index (χ2n) is 4.47. The van der Waals surface area contributed by atoms with Crippen LogP contribution in [-0.4, -0.2) is 39.9 Å². The van der Waals surface area contributed by atoms with Gasteiger partial charge in [-0.25, -0.2) is 4.98 Å². The van der Waals surface area contributed by atoms with Gasteiger partial charge in [-0.05, 0) is 25.5 Å². The number of hydrogen-bond acceptors (Lipinski definition) is 3. The molecule has 0 aliphatic carbocycles. The van der Waals surface area contributed by atoms with Crippen LogP contribution in [0.25, 0.3) is 0 Å². The summed E-state index contributed by atoms with van der Waals surface area (Å²) in [5.41, 5.74) is 1.43. The van der Waals surface area contributed by atoms with E-state index in [1.165, 1.54) is 0 Å². The number of halogens is 1. The number of nitrogens with zero attached hydrogens (tertiary/aromatic N) is 2. The first-order valence-corrected chi connectivity index (χ1v) is 7.58. The molecule has 3 nitrogen and oxygen atoms in total. The van der Waals surface area contributed by atoms with Crippen LogP contribution in [0.3, 0.4) is 0 Å². The summed E-state index contributed by atoms with van der Waals surface area (Å²) < 4.78 is 0. The minimum absolute atomic E-state index is 0.0705. The van der Waals surface area contributed by atoms with Gasteiger partial charge in [0.25, 0.3) is 5.91 Å². The number of pyridine rings is 1. The molecule has 1 aromatic heterocycles. The molecule has 1 aliphatic heterocycles. The minimum Gasteiger partial charge on any atom is -0.337 e. The molecule has 1 aliphatic rings. The second-order valence-corrected chi connectivity index (χ2v) is 6.27. The average molecular weight is 285 g/mol. The molecule has 1 amide bonds. The fraction of sp³-hybridized carbons (Fsp3) is 0.538. The van der Waals surface area contributed by atoms with Gasteiger partial charge < -0.3 is 4.90 Å². The Kier molecular flexibility index (Phi) is 4.51. The van der Waals surface area contributed by atoms with E-state index < -0.39 is 0 Å². The van der Waals surface area contributed by atoms with E-state index >= 15 is 0 Å². The van der Waals surface area contributed by atoms with Crippen LogP contribution < -0.4 is 0 Å². The molecular formula is C13H17ClN2OS. The Bertz CT molecular complexity index is 432. The lowest BCUT2D eigenvalue weighted by Gasteiger charge is -2.32. The zero-order chi connectivity index (χ0) is 13.1. The summed E-state index contributed by atoms with van der Waals surface area (Å²) in [6.07, 6.45) is 1.10. The van der Waals surface area contributed by atoms with Gasteiger partial charge >= 0.3 is 0 Å². The predicted octanol–water partition coefficient (Wildman–Crippen LogP) is 3.01. The highest BCUT2D eigenvalue weighted by Gasteiger charge is 2.24. The van der Waals surface area contributed by atoms with E-state index in [1.54, 1.807) is 12.1 Å². The Morgan fingerprint density at radius 3 is 3.06 bits per heavy atom. The molecule has 98 valence electrons. The summed E-state index contributed by atoms with van der Waals surface area (Å²) in [7, 11) is 0. The number of aryl methyl sites for hydroxylation is 1. The Labute approximate surface area is 117 Å². The Morgan fingerprint density at radius 2 is 2.39 bits per heavy atom. The first-order chi connectivity index (χ1) is 8.60. The van der Waals surface area contributed by atoms with Crippen LogP contribution in [0, 0.1) is 6.92 Å². The molecule has 2 heterocycles. The highest BCUT2D eigenvalue weighted by atomic mass is 35.5. The van der Waals surface area contributed by atoms with Gasteiger partial charge in [0.15, 0.2) is 0 Å². The standard InChI is InChI=1S/C13H17ClN2OS/c1-3-11-8-16(4-5-18-11)13(17)10-6-9(2)15-12(14)7-10/h6-7,11H,3-5,8H2,1-2H3. The minimum atomic E-state index is 0.0705. The maximum absolute atomic E-state index is 12.4. The molecule has 0 saturated carbocycles. The van der Waals surface area contributed by atoms with Gasteiger partial charge in [-0.15, -0.1) is 0 Å². The van der Waals surface area contributed by atoms with Gasteiger partial charge in [0, 0.05) is 35.3 Å². The fourth-order valence-electron chi connectivity index (χ4n) is 2.08. The van der Waals surface area contributed by atoms with Crippen molar-refractivity contribution in [3.63, 3.8) is 0 Å². The highest BCUT2D eigenvalue weighted by molar-refractivity contribution is 8.00. The molecule has 18 heavy (non-hydrogen) atoms. The molecule has 0 bridgehead atoms. The van der Waals surface area contributed by atoms with Crippen molar-refractivity contribution in [3.05, 3.63) is 28.5 Å². The largest absolute Gasteiger partial charge is 0.337 e. The van der Waals surface area contributed by atoms with Crippen molar-refractivity contribution in [3.8, 4) is 0 Å². The molecule has 0 spiro atoms. The smallest absolute Gasteiger partial charge is 0.254 e. The lowest BCUT2D eigenvalue weighted by molar-refractivity contribution is 0.0760. The molecule has 1 saturated heterocycles. The topological polar surface area (TPSA) is 33.2 Å².